The fraction of sp³-hybridized carbons (Fsp3) is 0.308. The zero-order chi connectivity index (χ0) is 25.4. The number of benzene rings is 1. The Balaban J connectivity index is 1.51. The van der Waals surface area contributed by atoms with Crippen LogP contribution in [0.2, 0.25) is 0 Å². The first-order valence-corrected chi connectivity index (χ1v) is 13.0. The molecule has 0 saturated carbocycles. The van der Waals surface area contributed by atoms with Crippen LogP contribution >= 0.6 is 0 Å². The van der Waals surface area contributed by atoms with Crippen molar-refractivity contribution < 1.29 is 23.1 Å². The quantitative estimate of drug-likeness (QED) is 0.538. The van der Waals surface area contributed by atoms with Gasteiger partial charge in [0.05, 0.1) is 40.1 Å². The highest BCUT2D eigenvalue weighted by Gasteiger charge is 2.42. The molecule has 1 amide bonds. The molecular weight excluding hydrogens is 466 g/mol. The molecule has 0 fully saturated rings. The Labute approximate surface area is 204 Å². The fourth-order valence-electron chi connectivity index (χ4n) is 4.36. The van der Waals surface area contributed by atoms with Gasteiger partial charge in [0.15, 0.2) is 15.6 Å². The molecule has 1 aliphatic rings. The topological polar surface area (TPSA) is 126 Å². The predicted octanol–water partition coefficient (Wildman–Crippen LogP) is 3.55. The van der Waals surface area contributed by atoms with Gasteiger partial charge in [0, 0.05) is 5.56 Å². The maximum atomic E-state index is 13.5. The van der Waals surface area contributed by atoms with Crippen LogP contribution in [0.5, 0.6) is 5.75 Å². The van der Waals surface area contributed by atoms with Gasteiger partial charge in [0.2, 0.25) is 5.91 Å². The van der Waals surface area contributed by atoms with E-state index in [0.29, 0.717) is 46.7 Å². The molecule has 8 nitrogen and oxygen atoms in total. The Morgan fingerprint density at radius 2 is 1.89 bits per heavy atom. The molecule has 9 heteroatoms. The lowest BCUT2D eigenvalue weighted by Crippen LogP contribution is -2.39. The number of anilines is 1. The van der Waals surface area contributed by atoms with Crippen LogP contribution in [0, 0.1) is 6.92 Å². The van der Waals surface area contributed by atoms with Crippen LogP contribution in [0.15, 0.2) is 53.6 Å². The van der Waals surface area contributed by atoms with Crippen LogP contribution < -0.4 is 5.32 Å². The van der Waals surface area contributed by atoms with Gasteiger partial charge in [0.1, 0.15) is 11.6 Å². The molecule has 1 unspecified atom stereocenters. The summed E-state index contributed by atoms with van der Waals surface area (Å²) in [5, 5.41) is 12.3. The minimum Gasteiger partial charge on any atom is -0.506 e. The summed E-state index contributed by atoms with van der Waals surface area (Å²) >= 11 is 0. The van der Waals surface area contributed by atoms with E-state index < -0.39 is 15.3 Å². The first kappa shape index (κ1) is 24.5. The molecule has 182 valence electrons. The average Bonchev–Trinajstić information content (AvgIpc) is 2.82. The Morgan fingerprint density at radius 1 is 1.17 bits per heavy atom. The molecule has 1 aromatic carbocycles. The van der Waals surface area contributed by atoms with Gasteiger partial charge < -0.3 is 10.4 Å². The van der Waals surface area contributed by atoms with Crippen LogP contribution in [0.3, 0.4) is 0 Å². The maximum Gasteiger partial charge on any atom is 0.229 e. The Bertz CT molecular complexity index is 1400. The number of hydrogen-bond acceptors (Lipinski definition) is 7. The number of nitrogens with zero attached hydrogens (tertiary/aromatic N) is 2. The van der Waals surface area contributed by atoms with Gasteiger partial charge in [-0.3, -0.25) is 14.6 Å². The molecule has 0 saturated heterocycles. The number of fused-ring (bicyclic) bond motifs is 1. The van der Waals surface area contributed by atoms with E-state index in [2.05, 4.69) is 15.3 Å². The number of carbonyl (C=O) groups is 2. The van der Waals surface area contributed by atoms with Gasteiger partial charge >= 0.3 is 0 Å². The largest absolute Gasteiger partial charge is 0.506 e. The molecular formula is C26H27N3O5S. The monoisotopic (exact) mass is 493 g/mol. The van der Waals surface area contributed by atoms with Crippen LogP contribution in [-0.4, -0.2) is 40.9 Å². The summed E-state index contributed by atoms with van der Waals surface area (Å²) in [6, 6.07) is 11.1. The number of carbonyl (C=O) groups excluding carboxylic acids is 2. The predicted molar refractivity (Wildman–Crippen MR) is 131 cm³/mol. The summed E-state index contributed by atoms with van der Waals surface area (Å²) in [5.41, 5.74) is 2.35. The Morgan fingerprint density at radius 3 is 2.51 bits per heavy atom. The third-order valence-corrected chi connectivity index (χ3v) is 8.24. The van der Waals surface area contributed by atoms with Gasteiger partial charge in [-0.15, -0.1) is 0 Å². The van der Waals surface area contributed by atoms with Crippen molar-refractivity contribution in [3.8, 4) is 5.75 Å². The summed E-state index contributed by atoms with van der Waals surface area (Å²) < 4.78 is 23.9. The van der Waals surface area contributed by atoms with Crippen molar-refractivity contribution in [3.05, 3.63) is 76.7 Å². The lowest BCUT2D eigenvalue weighted by molar-refractivity contribution is -0.115. The van der Waals surface area contributed by atoms with Crippen LogP contribution in [0.4, 0.5) is 5.82 Å². The van der Waals surface area contributed by atoms with E-state index >= 15 is 0 Å². The van der Waals surface area contributed by atoms with Gasteiger partial charge in [-0.25, -0.2) is 13.4 Å². The minimum absolute atomic E-state index is 0.0172. The van der Waals surface area contributed by atoms with Crippen LogP contribution in [-0.2, 0) is 32.9 Å². The number of sulfone groups is 1. The molecule has 2 N–H and O–H groups in total. The summed E-state index contributed by atoms with van der Waals surface area (Å²) in [6.07, 6.45) is 2.45. The van der Waals surface area contributed by atoms with Crippen LogP contribution in [0.1, 0.15) is 53.1 Å². The van der Waals surface area contributed by atoms with E-state index in [0.717, 1.165) is 0 Å². The molecule has 0 bridgehead atoms. The number of hydrogen-bond donors (Lipinski definition) is 2. The normalized spacial score (nSPS) is 17.6. The van der Waals surface area contributed by atoms with Crippen LogP contribution in [0.25, 0.3) is 0 Å². The number of Topliss-reactive ketones (excluding diaryl/α,β-unsaturated/α-hetero) is 1. The van der Waals surface area contributed by atoms with E-state index in [9.17, 15) is 23.1 Å². The number of pyridine rings is 2. The van der Waals surface area contributed by atoms with E-state index in [4.69, 9.17) is 0 Å². The van der Waals surface area contributed by atoms with E-state index in [1.54, 1.807) is 31.2 Å². The third-order valence-electron chi connectivity index (χ3n) is 6.49. The molecule has 0 spiro atoms. The smallest absolute Gasteiger partial charge is 0.229 e. The van der Waals surface area contributed by atoms with Crippen molar-refractivity contribution in [1.82, 2.24) is 9.97 Å². The Hall–Kier alpha value is -3.59. The van der Waals surface area contributed by atoms with Crippen molar-refractivity contribution in [2.75, 3.05) is 11.1 Å². The average molecular weight is 494 g/mol. The first-order valence-electron chi connectivity index (χ1n) is 11.4. The molecule has 0 aliphatic heterocycles. The van der Waals surface area contributed by atoms with Crippen molar-refractivity contribution >= 4 is 27.3 Å². The van der Waals surface area contributed by atoms with Gasteiger partial charge in [-0.05, 0) is 68.1 Å². The molecule has 0 radical (unpaired) electrons. The second-order valence-corrected chi connectivity index (χ2v) is 11.3. The molecule has 4 rings (SSSR count). The fourth-order valence-corrected chi connectivity index (χ4v) is 5.25. The SMILES string of the molecule is CCS(=O)(=O)c1ccc(CC(=O)Nc2cc(C)c3c(n2)CCC(C)(c2ccc(O)cn2)C3=O)cc1. The van der Waals surface area contributed by atoms with E-state index in [1.165, 1.54) is 24.4 Å². The zero-order valence-electron chi connectivity index (χ0n) is 19.8. The number of aromatic hydroxyl groups is 1. The summed E-state index contributed by atoms with van der Waals surface area (Å²) in [4.78, 5) is 35.1. The second-order valence-electron chi connectivity index (χ2n) is 8.98. The molecule has 3 aromatic rings. The summed E-state index contributed by atoms with van der Waals surface area (Å²) in [6.45, 7) is 5.25. The van der Waals surface area contributed by atoms with Gasteiger partial charge in [-0.2, -0.15) is 0 Å². The number of amides is 1. The number of aromatic nitrogens is 2. The highest BCUT2D eigenvalue weighted by atomic mass is 32.2. The minimum atomic E-state index is -3.29. The molecule has 1 atom stereocenters. The summed E-state index contributed by atoms with van der Waals surface area (Å²) in [5.74, 6) is 0.0606. The lowest BCUT2D eigenvalue weighted by atomic mass is 9.70. The molecule has 2 aromatic heterocycles. The van der Waals surface area contributed by atoms with E-state index in [1.807, 2.05) is 13.8 Å². The van der Waals surface area contributed by atoms with Crippen molar-refractivity contribution in [3.63, 3.8) is 0 Å². The maximum absolute atomic E-state index is 13.5. The third kappa shape index (κ3) is 4.81. The summed E-state index contributed by atoms with van der Waals surface area (Å²) in [7, 11) is -3.29. The lowest BCUT2D eigenvalue weighted by Gasteiger charge is -2.33. The number of ketones is 1. The standard InChI is InChI=1S/C26H27N3O5S/c1-4-35(33,34)19-8-5-17(6-9-19)14-23(31)29-22-13-16(2)24-20(28-22)11-12-26(3,25(24)32)21-10-7-18(30)15-27-21/h5-10,13,15,30H,4,11-12,14H2,1-3H3,(H,28,29,31). The van der Waals surface area contributed by atoms with E-state index in [-0.39, 0.29) is 34.5 Å². The highest BCUT2D eigenvalue weighted by molar-refractivity contribution is 7.91. The number of nitrogens with one attached hydrogen (secondary N) is 1. The zero-order valence-corrected chi connectivity index (χ0v) is 20.6. The van der Waals surface area contributed by atoms with Crippen molar-refractivity contribution in [1.29, 1.82) is 0 Å². The number of rotatable bonds is 6. The van der Waals surface area contributed by atoms with Gasteiger partial charge in [0.25, 0.3) is 0 Å². The number of aryl methyl sites for hydroxylation is 2. The first-order chi connectivity index (χ1) is 16.5. The second kappa shape index (κ2) is 9.22. The molecule has 1 aliphatic carbocycles. The molecule has 35 heavy (non-hydrogen) atoms. The van der Waals surface area contributed by atoms with Crippen molar-refractivity contribution in [2.24, 2.45) is 0 Å². The Kier molecular flexibility index (Phi) is 6.46. The molecule has 2 heterocycles. The van der Waals surface area contributed by atoms with Crippen molar-refractivity contribution in [2.45, 2.75) is 50.3 Å². The van der Waals surface area contributed by atoms with Gasteiger partial charge in [-0.1, -0.05) is 19.1 Å². The highest BCUT2D eigenvalue weighted by Crippen LogP contribution is 2.38.